The second kappa shape index (κ2) is 6.44. The van der Waals surface area contributed by atoms with Crippen molar-refractivity contribution in [1.29, 1.82) is 0 Å². The molecule has 0 aliphatic heterocycles. The minimum Gasteiger partial charge on any atom is -0.335 e. The maximum atomic E-state index is 11.4. The van der Waals surface area contributed by atoms with Crippen LogP contribution < -0.4 is 16.4 Å². The average Bonchev–Trinajstić information content (AvgIpc) is 2.97. The molecule has 1 aliphatic carbocycles. The van der Waals surface area contributed by atoms with E-state index in [9.17, 15) is 9.59 Å². The summed E-state index contributed by atoms with van der Waals surface area (Å²) in [6, 6.07) is -0.123. The minimum atomic E-state index is -0.389. The van der Waals surface area contributed by atoms with Crippen LogP contribution in [0.15, 0.2) is 0 Å². The molecule has 16 heavy (non-hydrogen) atoms. The summed E-state index contributed by atoms with van der Waals surface area (Å²) >= 11 is 0. The number of hydrogen-bond acceptors (Lipinski definition) is 4. The number of nitrogens with zero attached hydrogens (tertiary/aromatic N) is 1. The number of imide groups is 1. The van der Waals surface area contributed by atoms with Crippen molar-refractivity contribution in [2.75, 3.05) is 26.7 Å². The van der Waals surface area contributed by atoms with Crippen LogP contribution in [0.1, 0.15) is 19.3 Å². The lowest BCUT2D eigenvalue weighted by atomic mass is 10.4. The van der Waals surface area contributed by atoms with Crippen molar-refractivity contribution >= 4 is 11.9 Å². The van der Waals surface area contributed by atoms with Crippen molar-refractivity contribution in [1.82, 2.24) is 15.5 Å². The molecule has 0 aromatic rings. The molecule has 0 heterocycles. The molecular weight excluding hydrogens is 208 g/mol. The Hall–Kier alpha value is -1.14. The third kappa shape index (κ3) is 5.67. The molecule has 6 heteroatoms. The standard InChI is InChI=1S/C10H20N4O2/c1-14(6-2-5-11)7-9(15)13-10(16)12-8-3-4-8/h8H,2-7,11H2,1H3,(H2,12,13,15,16). The predicted octanol–water partition coefficient (Wildman–Crippen LogP) is -0.745. The molecule has 0 spiro atoms. The Labute approximate surface area is 95.5 Å². The maximum absolute atomic E-state index is 11.4. The third-order valence-corrected chi connectivity index (χ3v) is 2.32. The number of carbonyl (C=O) groups is 2. The topological polar surface area (TPSA) is 87.5 Å². The second-order valence-corrected chi connectivity index (χ2v) is 4.18. The normalized spacial score (nSPS) is 14.9. The van der Waals surface area contributed by atoms with Crippen LogP contribution >= 0.6 is 0 Å². The monoisotopic (exact) mass is 228 g/mol. The molecule has 1 rings (SSSR count). The molecule has 92 valence electrons. The van der Waals surface area contributed by atoms with Crippen LogP contribution in [-0.2, 0) is 4.79 Å². The number of hydrogen-bond donors (Lipinski definition) is 3. The quantitative estimate of drug-likeness (QED) is 0.558. The molecule has 0 radical (unpaired) electrons. The van der Waals surface area contributed by atoms with Crippen molar-refractivity contribution < 1.29 is 9.59 Å². The van der Waals surface area contributed by atoms with E-state index in [4.69, 9.17) is 5.73 Å². The highest BCUT2D eigenvalue weighted by molar-refractivity contribution is 5.95. The summed E-state index contributed by atoms with van der Waals surface area (Å²) in [5, 5.41) is 4.99. The van der Waals surface area contributed by atoms with E-state index in [1.165, 1.54) is 0 Å². The van der Waals surface area contributed by atoms with E-state index in [1.807, 2.05) is 11.9 Å². The van der Waals surface area contributed by atoms with E-state index in [-0.39, 0.29) is 24.5 Å². The zero-order valence-electron chi connectivity index (χ0n) is 9.66. The molecule has 3 amide bonds. The van der Waals surface area contributed by atoms with Gasteiger partial charge in [-0.05, 0) is 39.4 Å². The predicted molar refractivity (Wildman–Crippen MR) is 60.9 cm³/mol. The third-order valence-electron chi connectivity index (χ3n) is 2.32. The van der Waals surface area contributed by atoms with Gasteiger partial charge in [0, 0.05) is 6.04 Å². The molecule has 0 aromatic heterocycles. The highest BCUT2D eigenvalue weighted by Gasteiger charge is 2.23. The van der Waals surface area contributed by atoms with E-state index in [2.05, 4.69) is 10.6 Å². The lowest BCUT2D eigenvalue weighted by Gasteiger charge is -2.15. The van der Waals surface area contributed by atoms with Crippen LogP contribution in [0.3, 0.4) is 0 Å². The van der Waals surface area contributed by atoms with Gasteiger partial charge in [0.15, 0.2) is 0 Å². The van der Waals surface area contributed by atoms with Crippen LogP contribution in [0.2, 0.25) is 0 Å². The molecule has 4 N–H and O–H groups in total. The highest BCUT2D eigenvalue weighted by Crippen LogP contribution is 2.18. The molecule has 0 bridgehead atoms. The Bertz CT molecular complexity index is 253. The number of rotatable bonds is 6. The van der Waals surface area contributed by atoms with Gasteiger partial charge in [-0.1, -0.05) is 0 Å². The summed E-state index contributed by atoms with van der Waals surface area (Å²) in [6.45, 7) is 1.58. The van der Waals surface area contributed by atoms with Crippen LogP contribution in [0.5, 0.6) is 0 Å². The van der Waals surface area contributed by atoms with Gasteiger partial charge >= 0.3 is 6.03 Å². The number of urea groups is 1. The number of nitrogens with one attached hydrogen (secondary N) is 2. The molecule has 0 unspecified atom stereocenters. The summed E-state index contributed by atoms with van der Waals surface area (Å²) in [6.07, 6.45) is 2.87. The van der Waals surface area contributed by atoms with Crippen LogP contribution in [0.4, 0.5) is 4.79 Å². The summed E-state index contributed by atoms with van der Waals surface area (Å²) in [4.78, 5) is 24.4. The molecule has 0 atom stereocenters. The van der Waals surface area contributed by atoms with Crippen LogP contribution in [-0.4, -0.2) is 49.6 Å². The van der Waals surface area contributed by atoms with Gasteiger partial charge < -0.3 is 11.1 Å². The first-order valence-electron chi connectivity index (χ1n) is 5.60. The molecule has 1 fully saturated rings. The maximum Gasteiger partial charge on any atom is 0.321 e. The second-order valence-electron chi connectivity index (χ2n) is 4.18. The Kier molecular flexibility index (Phi) is 5.21. The SMILES string of the molecule is CN(CCCN)CC(=O)NC(=O)NC1CC1. The molecular formula is C10H20N4O2. The van der Waals surface area contributed by atoms with Gasteiger partial charge in [-0.2, -0.15) is 0 Å². The molecule has 6 nitrogen and oxygen atoms in total. The van der Waals surface area contributed by atoms with Gasteiger partial charge in [-0.3, -0.25) is 15.0 Å². The number of likely N-dealkylation sites (N-methyl/N-ethyl adjacent to an activating group) is 1. The van der Waals surface area contributed by atoms with Crippen molar-refractivity contribution in [3.05, 3.63) is 0 Å². The van der Waals surface area contributed by atoms with E-state index >= 15 is 0 Å². The van der Waals surface area contributed by atoms with Gasteiger partial charge in [0.25, 0.3) is 0 Å². The largest absolute Gasteiger partial charge is 0.335 e. The van der Waals surface area contributed by atoms with Gasteiger partial charge in [-0.15, -0.1) is 0 Å². The molecule has 0 saturated heterocycles. The zero-order chi connectivity index (χ0) is 12.0. The van der Waals surface area contributed by atoms with Crippen molar-refractivity contribution in [2.45, 2.75) is 25.3 Å². The highest BCUT2D eigenvalue weighted by atomic mass is 16.2. The van der Waals surface area contributed by atoms with E-state index in [0.29, 0.717) is 6.54 Å². The number of carbonyl (C=O) groups excluding carboxylic acids is 2. The zero-order valence-corrected chi connectivity index (χ0v) is 9.66. The van der Waals surface area contributed by atoms with Crippen molar-refractivity contribution in [3.8, 4) is 0 Å². The summed E-state index contributed by atoms with van der Waals surface area (Å²) < 4.78 is 0. The van der Waals surface area contributed by atoms with E-state index < -0.39 is 0 Å². The minimum absolute atomic E-state index is 0.220. The van der Waals surface area contributed by atoms with E-state index in [0.717, 1.165) is 25.8 Å². The Balaban J connectivity index is 2.10. The first kappa shape index (κ1) is 12.9. The smallest absolute Gasteiger partial charge is 0.321 e. The molecule has 1 aliphatic rings. The first-order chi connectivity index (χ1) is 7.61. The lowest BCUT2D eigenvalue weighted by Crippen LogP contribution is -2.44. The number of nitrogens with two attached hydrogens (primary N) is 1. The average molecular weight is 228 g/mol. The van der Waals surface area contributed by atoms with Gasteiger partial charge in [-0.25, -0.2) is 4.79 Å². The lowest BCUT2D eigenvalue weighted by molar-refractivity contribution is -0.120. The van der Waals surface area contributed by atoms with Gasteiger partial charge in [0.2, 0.25) is 5.91 Å². The van der Waals surface area contributed by atoms with Crippen LogP contribution in [0.25, 0.3) is 0 Å². The van der Waals surface area contributed by atoms with Crippen molar-refractivity contribution in [3.63, 3.8) is 0 Å². The molecule has 0 aromatic carbocycles. The Morgan fingerprint density at radius 3 is 2.69 bits per heavy atom. The summed E-state index contributed by atoms with van der Waals surface area (Å²) in [7, 11) is 1.83. The van der Waals surface area contributed by atoms with E-state index in [1.54, 1.807) is 0 Å². The Morgan fingerprint density at radius 1 is 1.44 bits per heavy atom. The van der Waals surface area contributed by atoms with Gasteiger partial charge in [0.1, 0.15) is 0 Å². The number of amides is 3. The summed E-state index contributed by atoms with van der Waals surface area (Å²) in [5.41, 5.74) is 5.36. The first-order valence-corrected chi connectivity index (χ1v) is 5.60. The van der Waals surface area contributed by atoms with Crippen molar-refractivity contribution in [2.24, 2.45) is 5.73 Å². The fourth-order valence-electron chi connectivity index (χ4n) is 1.30. The van der Waals surface area contributed by atoms with Crippen LogP contribution in [0, 0.1) is 0 Å². The Morgan fingerprint density at radius 2 is 2.12 bits per heavy atom. The fourth-order valence-corrected chi connectivity index (χ4v) is 1.30. The molecule has 1 saturated carbocycles. The van der Waals surface area contributed by atoms with Gasteiger partial charge in [0.05, 0.1) is 6.54 Å². The summed E-state index contributed by atoms with van der Waals surface area (Å²) in [5.74, 6) is -0.280. The fraction of sp³-hybridized carbons (Fsp3) is 0.800.